The second kappa shape index (κ2) is 7.93. The van der Waals surface area contributed by atoms with Crippen LogP contribution in [-0.4, -0.2) is 37.1 Å². The highest BCUT2D eigenvalue weighted by molar-refractivity contribution is 5.79. The van der Waals surface area contributed by atoms with Crippen molar-refractivity contribution in [2.24, 2.45) is 0 Å². The van der Waals surface area contributed by atoms with Crippen LogP contribution in [0.5, 0.6) is 0 Å². The molecule has 0 radical (unpaired) electrons. The van der Waals surface area contributed by atoms with Crippen LogP contribution in [0.3, 0.4) is 0 Å². The van der Waals surface area contributed by atoms with Gasteiger partial charge in [-0.25, -0.2) is 4.98 Å². The van der Waals surface area contributed by atoms with Gasteiger partial charge in [0.05, 0.1) is 13.0 Å². The fraction of sp³-hybridized carbons (Fsp3) is 0.368. The molecule has 0 spiro atoms. The van der Waals surface area contributed by atoms with Gasteiger partial charge in [0.2, 0.25) is 5.91 Å². The van der Waals surface area contributed by atoms with Gasteiger partial charge in [0.25, 0.3) is 0 Å². The van der Waals surface area contributed by atoms with E-state index >= 15 is 0 Å². The first-order valence-corrected chi connectivity index (χ1v) is 8.26. The lowest BCUT2D eigenvalue weighted by Gasteiger charge is -2.17. The molecule has 1 aliphatic heterocycles. The molecule has 2 aromatic rings. The number of amides is 1. The van der Waals surface area contributed by atoms with Gasteiger partial charge in [0.1, 0.15) is 5.82 Å². The molecular weight excluding hydrogens is 302 g/mol. The number of hydrogen-bond donors (Lipinski definition) is 1. The molecule has 1 aromatic carbocycles. The molecule has 1 saturated heterocycles. The van der Waals surface area contributed by atoms with Crippen LogP contribution in [0.15, 0.2) is 48.7 Å². The van der Waals surface area contributed by atoms with Gasteiger partial charge in [-0.2, -0.15) is 0 Å². The molecule has 2 heterocycles. The van der Waals surface area contributed by atoms with E-state index in [1.165, 1.54) is 0 Å². The van der Waals surface area contributed by atoms with Gasteiger partial charge in [-0.05, 0) is 29.7 Å². The van der Waals surface area contributed by atoms with E-state index in [2.05, 4.69) is 15.2 Å². The Morgan fingerprint density at radius 2 is 2.17 bits per heavy atom. The fourth-order valence-corrected chi connectivity index (χ4v) is 3.09. The second-order valence-corrected chi connectivity index (χ2v) is 6.12. The number of benzene rings is 1. The summed E-state index contributed by atoms with van der Waals surface area (Å²) in [4.78, 5) is 18.9. The van der Waals surface area contributed by atoms with Crippen LogP contribution in [0.2, 0.25) is 0 Å². The quantitative estimate of drug-likeness (QED) is 0.884. The topological polar surface area (TPSA) is 54.5 Å². The van der Waals surface area contributed by atoms with E-state index in [-0.39, 0.29) is 11.9 Å². The first kappa shape index (κ1) is 16.5. The SMILES string of the molecule is COCc1cccc(CC(=O)NC2CCN(c3ccccn3)C2)c1. The van der Waals surface area contributed by atoms with Gasteiger partial charge in [-0.3, -0.25) is 4.79 Å². The minimum atomic E-state index is 0.0671. The largest absolute Gasteiger partial charge is 0.380 e. The van der Waals surface area contributed by atoms with E-state index in [9.17, 15) is 4.79 Å². The number of hydrogen-bond acceptors (Lipinski definition) is 4. The van der Waals surface area contributed by atoms with Gasteiger partial charge >= 0.3 is 0 Å². The van der Waals surface area contributed by atoms with Crippen molar-refractivity contribution in [3.05, 3.63) is 59.8 Å². The molecule has 126 valence electrons. The zero-order valence-corrected chi connectivity index (χ0v) is 13.9. The number of methoxy groups -OCH3 is 1. The Morgan fingerprint density at radius 3 is 2.96 bits per heavy atom. The van der Waals surface area contributed by atoms with Gasteiger partial charge in [-0.1, -0.05) is 30.3 Å². The van der Waals surface area contributed by atoms with Crippen molar-refractivity contribution in [3.8, 4) is 0 Å². The summed E-state index contributed by atoms with van der Waals surface area (Å²) in [5.41, 5.74) is 2.10. The molecule has 5 heteroatoms. The first-order valence-electron chi connectivity index (χ1n) is 8.26. The van der Waals surface area contributed by atoms with Crippen molar-refractivity contribution in [1.29, 1.82) is 0 Å². The highest BCUT2D eigenvalue weighted by Gasteiger charge is 2.24. The Balaban J connectivity index is 1.51. The Kier molecular flexibility index (Phi) is 5.43. The number of ether oxygens (including phenoxy) is 1. The Labute approximate surface area is 142 Å². The molecule has 0 bridgehead atoms. The minimum Gasteiger partial charge on any atom is -0.380 e. The molecule has 1 amide bonds. The summed E-state index contributed by atoms with van der Waals surface area (Å²) in [6.07, 6.45) is 3.15. The maximum absolute atomic E-state index is 12.3. The number of carbonyl (C=O) groups is 1. The lowest BCUT2D eigenvalue weighted by Crippen LogP contribution is -2.38. The summed E-state index contributed by atoms with van der Waals surface area (Å²) in [5.74, 6) is 1.04. The lowest BCUT2D eigenvalue weighted by molar-refractivity contribution is -0.121. The van der Waals surface area contributed by atoms with E-state index in [1.807, 2.05) is 42.5 Å². The average molecular weight is 325 g/mol. The summed E-state index contributed by atoms with van der Waals surface area (Å²) in [6, 6.07) is 14.1. The highest BCUT2D eigenvalue weighted by Crippen LogP contribution is 2.17. The zero-order chi connectivity index (χ0) is 16.8. The molecular formula is C19H23N3O2. The third kappa shape index (κ3) is 4.32. The van der Waals surface area contributed by atoms with E-state index in [0.29, 0.717) is 13.0 Å². The molecule has 1 aromatic heterocycles. The summed E-state index contributed by atoms with van der Waals surface area (Å²) < 4.78 is 5.14. The monoisotopic (exact) mass is 325 g/mol. The average Bonchev–Trinajstić information content (AvgIpc) is 3.04. The Morgan fingerprint density at radius 1 is 1.29 bits per heavy atom. The standard InChI is InChI=1S/C19H23N3O2/c1-24-14-16-6-4-5-15(11-16)12-19(23)21-17-8-10-22(13-17)18-7-2-3-9-20-18/h2-7,9,11,17H,8,10,12-14H2,1H3,(H,21,23). The zero-order valence-electron chi connectivity index (χ0n) is 13.9. The van der Waals surface area contributed by atoms with E-state index in [1.54, 1.807) is 13.3 Å². The van der Waals surface area contributed by atoms with Crippen LogP contribution in [0.1, 0.15) is 17.5 Å². The van der Waals surface area contributed by atoms with Crippen LogP contribution in [0, 0.1) is 0 Å². The molecule has 3 rings (SSSR count). The summed E-state index contributed by atoms with van der Waals surface area (Å²) in [5, 5.41) is 3.14. The van der Waals surface area contributed by atoms with Gasteiger partial charge in [0.15, 0.2) is 0 Å². The van der Waals surface area contributed by atoms with Crippen LogP contribution in [0.4, 0.5) is 5.82 Å². The molecule has 1 atom stereocenters. The molecule has 24 heavy (non-hydrogen) atoms. The summed E-state index contributed by atoms with van der Waals surface area (Å²) >= 11 is 0. The third-order valence-electron chi connectivity index (χ3n) is 4.19. The highest BCUT2D eigenvalue weighted by atomic mass is 16.5. The van der Waals surface area contributed by atoms with E-state index < -0.39 is 0 Å². The number of rotatable bonds is 6. The van der Waals surface area contributed by atoms with Crippen molar-refractivity contribution in [3.63, 3.8) is 0 Å². The van der Waals surface area contributed by atoms with Gasteiger partial charge in [0, 0.05) is 32.4 Å². The van der Waals surface area contributed by atoms with E-state index in [4.69, 9.17) is 4.74 Å². The number of carbonyl (C=O) groups excluding carboxylic acids is 1. The molecule has 1 aliphatic rings. The number of nitrogens with zero attached hydrogens (tertiary/aromatic N) is 2. The van der Waals surface area contributed by atoms with Crippen molar-refractivity contribution in [2.75, 3.05) is 25.1 Å². The van der Waals surface area contributed by atoms with Crippen LogP contribution in [0.25, 0.3) is 0 Å². The lowest BCUT2D eigenvalue weighted by atomic mass is 10.1. The predicted molar refractivity (Wildman–Crippen MR) is 93.9 cm³/mol. The first-order chi connectivity index (χ1) is 11.7. The van der Waals surface area contributed by atoms with Crippen LogP contribution >= 0.6 is 0 Å². The normalized spacial score (nSPS) is 17.0. The number of pyridine rings is 1. The smallest absolute Gasteiger partial charge is 0.224 e. The molecule has 0 aliphatic carbocycles. The van der Waals surface area contributed by atoms with E-state index in [0.717, 1.165) is 36.5 Å². The number of aromatic nitrogens is 1. The van der Waals surface area contributed by atoms with Gasteiger partial charge < -0.3 is 15.0 Å². The Hall–Kier alpha value is -2.40. The van der Waals surface area contributed by atoms with Crippen LogP contribution < -0.4 is 10.2 Å². The van der Waals surface area contributed by atoms with Crippen molar-refractivity contribution >= 4 is 11.7 Å². The molecule has 0 saturated carbocycles. The minimum absolute atomic E-state index is 0.0671. The van der Waals surface area contributed by atoms with Crippen molar-refractivity contribution < 1.29 is 9.53 Å². The molecule has 1 N–H and O–H groups in total. The predicted octanol–water partition coefficient (Wildman–Crippen LogP) is 2.17. The fourth-order valence-electron chi connectivity index (χ4n) is 3.09. The second-order valence-electron chi connectivity index (χ2n) is 6.12. The Bertz CT molecular complexity index is 675. The van der Waals surface area contributed by atoms with Crippen molar-refractivity contribution in [2.45, 2.75) is 25.5 Å². The van der Waals surface area contributed by atoms with Gasteiger partial charge in [-0.15, -0.1) is 0 Å². The summed E-state index contributed by atoms with van der Waals surface area (Å²) in [6.45, 7) is 2.30. The molecule has 1 fully saturated rings. The van der Waals surface area contributed by atoms with Crippen molar-refractivity contribution in [1.82, 2.24) is 10.3 Å². The third-order valence-corrected chi connectivity index (χ3v) is 4.19. The maximum atomic E-state index is 12.3. The van der Waals surface area contributed by atoms with Crippen LogP contribution in [-0.2, 0) is 22.6 Å². The maximum Gasteiger partial charge on any atom is 0.224 e. The summed E-state index contributed by atoms with van der Waals surface area (Å²) in [7, 11) is 1.67. The molecule has 1 unspecified atom stereocenters. The number of anilines is 1. The molecule has 5 nitrogen and oxygen atoms in total. The number of nitrogens with one attached hydrogen (secondary N) is 1.